The van der Waals surface area contributed by atoms with Gasteiger partial charge in [-0.2, -0.15) is 18.3 Å². The number of nitrogens with zero attached hydrogens (tertiary/aromatic N) is 4. The first-order chi connectivity index (χ1) is 14.4. The second-order valence-electron chi connectivity index (χ2n) is 6.81. The molecule has 30 heavy (non-hydrogen) atoms. The maximum Gasteiger partial charge on any atom is 0.416 e. The standard InChI is InChI=1S/C22H17F3N4O/c1-28(14-16-9-5-6-10-18(16)22(23,24)25)21(30)17-13-27-29-19(11-12-26-20(17)29)15-7-3-2-4-8-15/h2-13H,14H2,1H3. The van der Waals surface area contributed by atoms with Gasteiger partial charge in [0.1, 0.15) is 5.56 Å². The molecule has 2 heterocycles. The summed E-state index contributed by atoms with van der Waals surface area (Å²) in [4.78, 5) is 18.5. The Morgan fingerprint density at radius 3 is 2.47 bits per heavy atom. The number of aromatic nitrogens is 3. The Kier molecular flexibility index (Phi) is 4.99. The van der Waals surface area contributed by atoms with Crippen molar-refractivity contribution >= 4 is 11.6 Å². The molecule has 1 amide bonds. The SMILES string of the molecule is CN(Cc1ccccc1C(F)(F)F)C(=O)c1cnn2c(-c3ccccc3)ccnc12. The van der Waals surface area contributed by atoms with E-state index in [2.05, 4.69) is 10.1 Å². The number of hydrogen-bond donors (Lipinski definition) is 0. The Labute approximate surface area is 170 Å². The third kappa shape index (κ3) is 3.63. The minimum absolute atomic E-state index is 0.0234. The molecule has 8 heteroatoms. The Morgan fingerprint density at radius 2 is 1.73 bits per heavy atom. The molecule has 152 valence electrons. The second-order valence-corrected chi connectivity index (χ2v) is 6.81. The van der Waals surface area contributed by atoms with Gasteiger partial charge in [0.25, 0.3) is 5.91 Å². The third-order valence-corrected chi connectivity index (χ3v) is 4.78. The van der Waals surface area contributed by atoms with Crippen LogP contribution in [0.2, 0.25) is 0 Å². The predicted octanol–water partition coefficient (Wildman–Crippen LogP) is 4.69. The van der Waals surface area contributed by atoms with E-state index in [0.717, 1.165) is 17.3 Å². The van der Waals surface area contributed by atoms with Crippen molar-refractivity contribution in [1.82, 2.24) is 19.5 Å². The molecule has 0 radical (unpaired) electrons. The van der Waals surface area contributed by atoms with Crippen LogP contribution in [0.25, 0.3) is 16.9 Å². The van der Waals surface area contributed by atoms with Crippen LogP contribution < -0.4 is 0 Å². The van der Waals surface area contributed by atoms with Crippen LogP contribution in [0.4, 0.5) is 13.2 Å². The summed E-state index contributed by atoms with van der Waals surface area (Å²) in [6.45, 7) is -0.190. The zero-order valence-electron chi connectivity index (χ0n) is 16.0. The summed E-state index contributed by atoms with van der Waals surface area (Å²) in [5.41, 5.74) is 1.49. The molecule has 0 atom stereocenters. The Morgan fingerprint density at radius 1 is 1.03 bits per heavy atom. The molecule has 4 aromatic rings. The van der Waals surface area contributed by atoms with Crippen LogP contribution in [0, 0.1) is 0 Å². The third-order valence-electron chi connectivity index (χ3n) is 4.78. The minimum atomic E-state index is -4.49. The number of alkyl halides is 3. The summed E-state index contributed by atoms with van der Waals surface area (Å²) in [6.07, 6.45) is -1.52. The summed E-state index contributed by atoms with van der Waals surface area (Å²) in [6, 6.07) is 16.5. The zero-order chi connectivity index (χ0) is 21.3. The van der Waals surface area contributed by atoms with E-state index in [4.69, 9.17) is 0 Å². The summed E-state index contributed by atoms with van der Waals surface area (Å²) in [5, 5.41) is 4.29. The fourth-order valence-corrected chi connectivity index (χ4v) is 3.34. The van der Waals surface area contributed by atoms with E-state index in [-0.39, 0.29) is 17.7 Å². The van der Waals surface area contributed by atoms with Gasteiger partial charge in [0.15, 0.2) is 5.65 Å². The van der Waals surface area contributed by atoms with Crippen LogP contribution >= 0.6 is 0 Å². The van der Waals surface area contributed by atoms with Crippen molar-refractivity contribution in [2.75, 3.05) is 7.05 Å². The van der Waals surface area contributed by atoms with E-state index >= 15 is 0 Å². The molecular weight excluding hydrogens is 393 g/mol. The van der Waals surface area contributed by atoms with Crippen LogP contribution in [0.1, 0.15) is 21.5 Å². The van der Waals surface area contributed by atoms with E-state index < -0.39 is 17.6 Å². The highest BCUT2D eigenvalue weighted by molar-refractivity contribution is 5.99. The highest BCUT2D eigenvalue weighted by atomic mass is 19.4. The zero-order valence-corrected chi connectivity index (χ0v) is 16.0. The molecule has 0 bridgehead atoms. The maximum atomic E-state index is 13.3. The number of halogens is 3. The van der Waals surface area contributed by atoms with Gasteiger partial charge in [0.05, 0.1) is 17.5 Å². The van der Waals surface area contributed by atoms with Crippen LogP contribution in [0.15, 0.2) is 73.1 Å². The molecule has 0 aliphatic heterocycles. The predicted molar refractivity (Wildman–Crippen MR) is 106 cm³/mol. The van der Waals surface area contributed by atoms with Gasteiger partial charge in [0, 0.05) is 25.4 Å². The minimum Gasteiger partial charge on any atom is -0.337 e. The van der Waals surface area contributed by atoms with E-state index in [1.165, 1.54) is 36.3 Å². The first kappa shape index (κ1) is 19.6. The van der Waals surface area contributed by atoms with Crippen LogP contribution in [-0.2, 0) is 12.7 Å². The number of fused-ring (bicyclic) bond motifs is 1. The lowest BCUT2D eigenvalue weighted by Gasteiger charge is -2.19. The summed E-state index contributed by atoms with van der Waals surface area (Å²) < 4.78 is 41.3. The average molecular weight is 410 g/mol. The monoisotopic (exact) mass is 410 g/mol. The highest BCUT2D eigenvalue weighted by Gasteiger charge is 2.33. The van der Waals surface area contributed by atoms with Crippen molar-refractivity contribution < 1.29 is 18.0 Å². The van der Waals surface area contributed by atoms with Crippen LogP contribution in [-0.4, -0.2) is 32.5 Å². The Balaban J connectivity index is 1.66. The smallest absolute Gasteiger partial charge is 0.337 e. The maximum absolute atomic E-state index is 13.3. The fraction of sp³-hybridized carbons (Fsp3) is 0.136. The van der Waals surface area contributed by atoms with Gasteiger partial charge in [-0.1, -0.05) is 48.5 Å². The van der Waals surface area contributed by atoms with E-state index in [1.54, 1.807) is 16.8 Å². The molecule has 0 aliphatic rings. The van der Waals surface area contributed by atoms with Gasteiger partial charge in [-0.25, -0.2) is 9.50 Å². The number of benzene rings is 2. The van der Waals surface area contributed by atoms with E-state index in [1.807, 2.05) is 30.3 Å². The molecule has 0 spiro atoms. The first-order valence-corrected chi connectivity index (χ1v) is 9.15. The van der Waals surface area contributed by atoms with Gasteiger partial charge < -0.3 is 4.90 Å². The summed E-state index contributed by atoms with van der Waals surface area (Å²) >= 11 is 0. The lowest BCUT2D eigenvalue weighted by Crippen LogP contribution is -2.27. The number of amides is 1. The van der Waals surface area contributed by atoms with Gasteiger partial charge in [-0.15, -0.1) is 0 Å². The molecule has 2 aromatic carbocycles. The largest absolute Gasteiger partial charge is 0.416 e. The normalized spacial score (nSPS) is 11.6. The van der Waals surface area contributed by atoms with Gasteiger partial charge in [0.2, 0.25) is 0 Å². The molecule has 0 aliphatic carbocycles. The van der Waals surface area contributed by atoms with E-state index in [0.29, 0.717) is 5.65 Å². The molecule has 0 fully saturated rings. The lowest BCUT2D eigenvalue weighted by atomic mass is 10.1. The van der Waals surface area contributed by atoms with Crippen molar-refractivity contribution in [3.05, 3.63) is 89.7 Å². The molecule has 0 unspecified atom stereocenters. The molecule has 0 N–H and O–H groups in total. The van der Waals surface area contributed by atoms with Crippen molar-refractivity contribution in [2.45, 2.75) is 12.7 Å². The second kappa shape index (κ2) is 7.62. The number of carbonyl (C=O) groups is 1. The Bertz CT molecular complexity index is 1200. The van der Waals surface area contributed by atoms with Crippen molar-refractivity contribution in [2.24, 2.45) is 0 Å². The average Bonchev–Trinajstić information content (AvgIpc) is 3.17. The lowest BCUT2D eigenvalue weighted by molar-refractivity contribution is -0.138. The first-order valence-electron chi connectivity index (χ1n) is 9.15. The summed E-state index contributed by atoms with van der Waals surface area (Å²) in [5.74, 6) is -0.459. The molecule has 4 rings (SSSR count). The van der Waals surface area contributed by atoms with Crippen LogP contribution in [0.5, 0.6) is 0 Å². The molecule has 2 aromatic heterocycles. The van der Waals surface area contributed by atoms with Crippen LogP contribution in [0.3, 0.4) is 0 Å². The molecule has 0 saturated heterocycles. The molecule has 0 saturated carbocycles. The quantitative estimate of drug-likeness (QED) is 0.491. The van der Waals surface area contributed by atoms with Crippen molar-refractivity contribution in [3.63, 3.8) is 0 Å². The fourth-order valence-electron chi connectivity index (χ4n) is 3.34. The molecule has 5 nitrogen and oxygen atoms in total. The van der Waals surface area contributed by atoms with Gasteiger partial charge >= 0.3 is 6.18 Å². The number of rotatable bonds is 4. The van der Waals surface area contributed by atoms with Gasteiger partial charge in [-0.3, -0.25) is 4.79 Å². The van der Waals surface area contributed by atoms with Crippen molar-refractivity contribution in [1.29, 1.82) is 0 Å². The van der Waals surface area contributed by atoms with Gasteiger partial charge in [-0.05, 0) is 17.7 Å². The number of hydrogen-bond acceptors (Lipinski definition) is 3. The molecular formula is C22H17F3N4O. The number of carbonyl (C=O) groups excluding carboxylic acids is 1. The highest BCUT2D eigenvalue weighted by Crippen LogP contribution is 2.32. The van der Waals surface area contributed by atoms with Crippen molar-refractivity contribution in [3.8, 4) is 11.3 Å². The summed E-state index contributed by atoms with van der Waals surface area (Å²) in [7, 11) is 1.46. The van der Waals surface area contributed by atoms with E-state index in [9.17, 15) is 18.0 Å². The Hall–Kier alpha value is -3.68. The topological polar surface area (TPSA) is 50.5 Å².